The number of rotatable bonds is 3. The first-order chi connectivity index (χ1) is 7.70. The van der Waals surface area contributed by atoms with Crippen LogP contribution in [0.2, 0.25) is 5.02 Å². The van der Waals surface area contributed by atoms with Gasteiger partial charge in [-0.3, -0.25) is 4.68 Å². The highest BCUT2D eigenvalue weighted by Gasteiger charge is 2.04. The summed E-state index contributed by atoms with van der Waals surface area (Å²) in [6.07, 6.45) is 1.67. The molecule has 0 radical (unpaired) electrons. The minimum Gasteiger partial charge on any atom is -0.497 e. The second kappa shape index (κ2) is 4.58. The summed E-state index contributed by atoms with van der Waals surface area (Å²) in [6, 6.07) is 7.92. The highest BCUT2D eigenvalue weighted by Crippen LogP contribution is 2.16. The third-order valence-corrected chi connectivity index (χ3v) is 2.91. The third kappa shape index (κ3) is 2.19. The van der Waals surface area contributed by atoms with Crippen molar-refractivity contribution in [1.29, 1.82) is 0 Å². The van der Waals surface area contributed by atoms with Crippen LogP contribution in [0.1, 0.15) is 11.3 Å². The molecule has 2 rings (SSSR count). The molecule has 0 saturated heterocycles. The minimum absolute atomic E-state index is 0.702. The molecule has 0 amide bonds. The molecule has 4 heteroatoms. The Hall–Kier alpha value is -1.48. The number of ether oxygens (including phenoxy) is 1. The lowest BCUT2D eigenvalue weighted by Crippen LogP contribution is -2.03. The van der Waals surface area contributed by atoms with Crippen LogP contribution in [0, 0.1) is 6.92 Å². The molecule has 1 aromatic heterocycles. The summed E-state index contributed by atoms with van der Waals surface area (Å²) in [5.41, 5.74) is 2.15. The first kappa shape index (κ1) is 11.0. The lowest BCUT2D eigenvalue weighted by atomic mass is 10.2. The molecule has 3 nitrogen and oxygen atoms in total. The summed E-state index contributed by atoms with van der Waals surface area (Å²) >= 11 is 5.94. The van der Waals surface area contributed by atoms with Crippen molar-refractivity contribution in [2.45, 2.75) is 13.5 Å². The fourth-order valence-electron chi connectivity index (χ4n) is 1.49. The van der Waals surface area contributed by atoms with E-state index in [9.17, 15) is 0 Å². The molecule has 1 heterocycles. The van der Waals surface area contributed by atoms with Crippen LogP contribution >= 0.6 is 11.6 Å². The van der Waals surface area contributed by atoms with Crippen LogP contribution in [-0.2, 0) is 6.54 Å². The van der Waals surface area contributed by atoms with Crippen molar-refractivity contribution >= 4 is 11.6 Å². The zero-order valence-electron chi connectivity index (χ0n) is 9.27. The first-order valence-corrected chi connectivity index (χ1v) is 5.39. The van der Waals surface area contributed by atoms with E-state index in [1.807, 2.05) is 35.9 Å². The highest BCUT2D eigenvalue weighted by atomic mass is 35.5. The maximum absolute atomic E-state index is 5.94. The van der Waals surface area contributed by atoms with Crippen molar-refractivity contribution in [1.82, 2.24) is 9.78 Å². The van der Waals surface area contributed by atoms with Gasteiger partial charge in [-0.1, -0.05) is 23.7 Å². The second-order valence-corrected chi connectivity index (χ2v) is 3.99. The number of benzene rings is 1. The van der Waals surface area contributed by atoms with Gasteiger partial charge >= 0.3 is 0 Å². The van der Waals surface area contributed by atoms with Crippen molar-refractivity contribution in [3.63, 3.8) is 0 Å². The van der Waals surface area contributed by atoms with Crippen LogP contribution in [0.25, 0.3) is 0 Å². The van der Waals surface area contributed by atoms with E-state index in [0.29, 0.717) is 5.02 Å². The van der Waals surface area contributed by atoms with Crippen LogP contribution in [0.5, 0.6) is 5.75 Å². The summed E-state index contributed by atoms with van der Waals surface area (Å²) in [5, 5.41) is 4.91. The van der Waals surface area contributed by atoms with Gasteiger partial charge in [0.25, 0.3) is 0 Å². The molecule has 0 unspecified atom stereocenters. The van der Waals surface area contributed by atoms with Crippen LogP contribution in [0.15, 0.2) is 30.5 Å². The third-order valence-electron chi connectivity index (χ3n) is 2.53. The van der Waals surface area contributed by atoms with Gasteiger partial charge < -0.3 is 4.74 Å². The van der Waals surface area contributed by atoms with Gasteiger partial charge in [0.05, 0.1) is 30.6 Å². The topological polar surface area (TPSA) is 27.1 Å². The molecule has 0 aliphatic carbocycles. The lowest BCUT2D eigenvalue weighted by Gasteiger charge is -2.05. The van der Waals surface area contributed by atoms with E-state index >= 15 is 0 Å². The Kier molecular flexibility index (Phi) is 3.15. The van der Waals surface area contributed by atoms with Crippen LogP contribution < -0.4 is 4.74 Å². The smallest absolute Gasteiger partial charge is 0.118 e. The van der Waals surface area contributed by atoms with Gasteiger partial charge in [-0.2, -0.15) is 5.10 Å². The minimum atomic E-state index is 0.702. The summed E-state index contributed by atoms with van der Waals surface area (Å²) in [6.45, 7) is 2.68. The van der Waals surface area contributed by atoms with E-state index in [0.717, 1.165) is 18.0 Å². The predicted octanol–water partition coefficient (Wildman–Crippen LogP) is 2.90. The van der Waals surface area contributed by atoms with Gasteiger partial charge in [0.15, 0.2) is 0 Å². The van der Waals surface area contributed by atoms with E-state index in [2.05, 4.69) is 5.10 Å². The molecule has 0 saturated carbocycles. The molecule has 0 aliphatic rings. The van der Waals surface area contributed by atoms with Gasteiger partial charge in [0.1, 0.15) is 5.75 Å². The largest absolute Gasteiger partial charge is 0.497 e. The predicted molar refractivity (Wildman–Crippen MR) is 64.1 cm³/mol. The molecule has 0 atom stereocenters. The molecule has 2 aromatic rings. The quantitative estimate of drug-likeness (QED) is 0.820. The molecule has 0 aliphatic heterocycles. The summed E-state index contributed by atoms with van der Waals surface area (Å²) in [7, 11) is 1.66. The number of aromatic nitrogens is 2. The molecular weight excluding hydrogens is 224 g/mol. The lowest BCUT2D eigenvalue weighted by molar-refractivity contribution is 0.414. The monoisotopic (exact) mass is 236 g/mol. The standard InChI is InChI=1S/C12H13ClN2O/c1-9-12(13)7-14-15(9)8-10-3-5-11(16-2)6-4-10/h3-7H,8H2,1-2H3. The Morgan fingerprint density at radius 2 is 2.00 bits per heavy atom. The molecule has 0 bridgehead atoms. The SMILES string of the molecule is COc1ccc(Cn2ncc(Cl)c2C)cc1. The first-order valence-electron chi connectivity index (χ1n) is 5.01. The van der Waals surface area contributed by atoms with Crippen molar-refractivity contribution in [2.75, 3.05) is 7.11 Å². The van der Waals surface area contributed by atoms with E-state index in [-0.39, 0.29) is 0 Å². The highest BCUT2D eigenvalue weighted by molar-refractivity contribution is 6.31. The average Bonchev–Trinajstić information content (AvgIpc) is 2.62. The Labute approximate surface area is 99.6 Å². The van der Waals surface area contributed by atoms with E-state index < -0.39 is 0 Å². The second-order valence-electron chi connectivity index (χ2n) is 3.58. The van der Waals surface area contributed by atoms with E-state index in [1.54, 1.807) is 13.3 Å². The Morgan fingerprint density at radius 1 is 1.31 bits per heavy atom. The Balaban J connectivity index is 2.17. The molecule has 84 valence electrons. The van der Waals surface area contributed by atoms with Crippen molar-refractivity contribution < 1.29 is 4.74 Å². The normalized spacial score (nSPS) is 10.4. The fraction of sp³-hybridized carbons (Fsp3) is 0.250. The van der Waals surface area contributed by atoms with E-state index in [1.165, 1.54) is 5.56 Å². The maximum Gasteiger partial charge on any atom is 0.118 e. The maximum atomic E-state index is 5.94. The number of hydrogen-bond donors (Lipinski definition) is 0. The van der Waals surface area contributed by atoms with Gasteiger partial charge in [-0.15, -0.1) is 0 Å². The van der Waals surface area contributed by atoms with Crippen molar-refractivity contribution in [3.8, 4) is 5.75 Å². The zero-order chi connectivity index (χ0) is 11.5. The Morgan fingerprint density at radius 3 is 2.50 bits per heavy atom. The van der Waals surface area contributed by atoms with Gasteiger partial charge in [0, 0.05) is 0 Å². The summed E-state index contributed by atoms with van der Waals surface area (Å²) in [5.74, 6) is 0.860. The summed E-state index contributed by atoms with van der Waals surface area (Å²) < 4.78 is 6.98. The van der Waals surface area contributed by atoms with Gasteiger partial charge in [0.2, 0.25) is 0 Å². The number of methoxy groups -OCH3 is 1. The number of hydrogen-bond acceptors (Lipinski definition) is 2. The Bertz CT molecular complexity index is 476. The fourth-order valence-corrected chi connectivity index (χ4v) is 1.63. The van der Waals surface area contributed by atoms with Crippen molar-refractivity contribution in [3.05, 3.63) is 46.7 Å². The zero-order valence-corrected chi connectivity index (χ0v) is 10.0. The van der Waals surface area contributed by atoms with E-state index in [4.69, 9.17) is 16.3 Å². The molecule has 0 N–H and O–H groups in total. The van der Waals surface area contributed by atoms with Crippen LogP contribution in [0.3, 0.4) is 0 Å². The van der Waals surface area contributed by atoms with Crippen molar-refractivity contribution in [2.24, 2.45) is 0 Å². The van der Waals surface area contributed by atoms with Gasteiger partial charge in [-0.25, -0.2) is 0 Å². The molecule has 16 heavy (non-hydrogen) atoms. The molecule has 0 spiro atoms. The average molecular weight is 237 g/mol. The molecule has 1 aromatic carbocycles. The summed E-state index contributed by atoms with van der Waals surface area (Å²) in [4.78, 5) is 0. The number of nitrogens with zero attached hydrogens (tertiary/aromatic N) is 2. The van der Waals surface area contributed by atoms with Gasteiger partial charge in [-0.05, 0) is 24.6 Å². The molecule has 0 fully saturated rings. The molecular formula is C12H13ClN2O. The van der Waals surface area contributed by atoms with Crippen LogP contribution in [0.4, 0.5) is 0 Å². The number of halogens is 1. The van der Waals surface area contributed by atoms with Crippen LogP contribution in [-0.4, -0.2) is 16.9 Å².